The van der Waals surface area contributed by atoms with Gasteiger partial charge < -0.3 is 24.8 Å². The Kier molecular flexibility index (Phi) is 6.75. The van der Waals surface area contributed by atoms with Crippen LogP contribution in [0.4, 0.5) is 0 Å². The summed E-state index contributed by atoms with van der Waals surface area (Å²) in [5, 5.41) is 29.3. The summed E-state index contributed by atoms with van der Waals surface area (Å²) < 4.78 is 10.5. The van der Waals surface area contributed by atoms with E-state index >= 15 is 0 Å². The van der Waals surface area contributed by atoms with E-state index in [0.29, 0.717) is 11.5 Å². The lowest BCUT2D eigenvalue weighted by molar-refractivity contribution is 0.188. The molecule has 5 nitrogen and oxygen atoms in total. The molecule has 5 heteroatoms. The third kappa shape index (κ3) is 4.41. The number of methoxy groups -OCH3 is 2. The normalized spacial score (nSPS) is 13.5. The second kappa shape index (κ2) is 8.81. The first-order valence-electron chi connectivity index (χ1n) is 8.75. The van der Waals surface area contributed by atoms with Crippen molar-refractivity contribution in [3.8, 4) is 23.0 Å². The van der Waals surface area contributed by atoms with Gasteiger partial charge in [-0.3, -0.25) is 0 Å². The van der Waals surface area contributed by atoms with Crippen LogP contribution in [0.1, 0.15) is 37.3 Å². The van der Waals surface area contributed by atoms with Crippen LogP contribution in [-0.2, 0) is 0 Å². The molecule has 2 aromatic rings. The molecule has 0 fully saturated rings. The summed E-state index contributed by atoms with van der Waals surface area (Å²) >= 11 is 0. The predicted molar refractivity (Wildman–Crippen MR) is 101 cm³/mol. The maximum Gasteiger partial charge on any atom is 0.160 e. The van der Waals surface area contributed by atoms with Gasteiger partial charge in [0.15, 0.2) is 23.0 Å². The molecule has 0 aliphatic carbocycles. The molecule has 0 unspecified atom stereocenters. The molecule has 0 aromatic heterocycles. The Morgan fingerprint density at radius 2 is 1.27 bits per heavy atom. The van der Waals surface area contributed by atoms with Gasteiger partial charge in [-0.25, -0.2) is 0 Å². The lowest BCUT2D eigenvalue weighted by Crippen LogP contribution is -2.16. The molecular weight excluding hydrogens is 332 g/mol. The molecular formula is C21H28O5. The highest BCUT2D eigenvalue weighted by atomic mass is 16.5. The second-order valence-corrected chi connectivity index (χ2v) is 6.79. The summed E-state index contributed by atoms with van der Waals surface area (Å²) in [7, 11) is 3.04. The molecule has 0 saturated heterocycles. The third-order valence-corrected chi connectivity index (χ3v) is 5.08. The highest BCUT2D eigenvalue weighted by Crippen LogP contribution is 2.39. The zero-order valence-corrected chi connectivity index (χ0v) is 15.8. The lowest BCUT2D eigenvalue weighted by atomic mass is 9.80. The van der Waals surface area contributed by atoms with E-state index in [9.17, 15) is 15.3 Å². The number of aromatic hydroxyl groups is 2. The Bertz CT molecular complexity index is 675. The summed E-state index contributed by atoms with van der Waals surface area (Å²) in [5.41, 5.74) is 1.98. The van der Waals surface area contributed by atoms with Crippen molar-refractivity contribution in [2.45, 2.75) is 26.2 Å². The predicted octanol–water partition coefficient (Wildman–Crippen LogP) is 3.90. The molecule has 142 valence electrons. The Labute approximate surface area is 154 Å². The molecule has 0 bridgehead atoms. The largest absolute Gasteiger partial charge is 0.504 e. The molecule has 3 N–H and O–H groups in total. The van der Waals surface area contributed by atoms with Gasteiger partial charge in [0.2, 0.25) is 0 Å². The van der Waals surface area contributed by atoms with Gasteiger partial charge in [0, 0.05) is 12.5 Å². The van der Waals surface area contributed by atoms with E-state index in [1.54, 1.807) is 12.1 Å². The Balaban J connectivity index is 2.48. The first-order valence-corrected chi connectivity index (χ1v) is 8.75. The highest BCUT2D eigenvalue weighted by molar-refractivity contribution is 5.48. The van der Waals surface area contributed by atoms with E-state index in [1.807, 2.05) is 31.2 Å². The quantitative estimate of drug-likeness (QED) is 0.665. The third-order valence-electron chi connectivity index (χ3n) is 5.08. The topological polar surface area (TPSA) is 79.2 Å². The van der Waals surface area contributed by atoms with Gasteiger partial charge in [0.25, 0.3) is 0 Å². The highest BCUT2D eigenvalue weighted by Gasteiger charge is 2.23. The van der Waals surface area contributed by atoms with Crippen LogP contribution in [0, 0.1) is 11.8 Å². The SMILES string of the molecule is COc1cc(C(C[C@H](C)[C@H](C)CO)c2ccc(O)c(OC)c2)ccc1O. The molecule has 0 amide bonds. The van der Waals surface area contributed by atoms with Gasteiger partial charge in [-0.2, -0.15) is 0 Å². The van der Waals surface area contributed by atoms with Gasteiger partial charge in [-0.1, -0.05) is 26.0 Å². The molecule has 2 atom stereocenters. The van der Waals surface area contributed by atoms with Crippen LogP contribution < -0.4 is 9.47 Å². The molecule has 0 spiro atoms. The number of hydrogen-bond donors (Lipinski definition) is 3. The van der Waals surface area contributed by atoms with Gasteiger partial charge in [0.1, 0.15) is 0 Å². The number of benzene rings is 2. The molecule has 0 heterocycles. The maximum atomic E-state index is 9.90. The first kappa shape index (κ1) is 19.9. The number of phenols is 2. The van der Waals surface area contributed by atoms with Gasteiger partial charge in [-0.15, -0.1) is 0 Å². The standard InChI is InChI=1S/C21H28O5/c1-13(14(2)12-22)9-17(15-5-7-18(23)20(10-15)25-3)16-6-8-19(24)21(11-16)26-4/h5-8,10-11,13-14,17,22-24H,9,12H2,1-4H3/t13-,14+/m0/s1. The molecule has 0 saturated carbocycles. The number of hydrogen-bond acceptors (Lipinski definition) is 5. The fraction of sp³-hybridized carbons (Fsp3) is 0.429. The fourth-order valence-corrected chi connectivity index (χ4v) is 3.07. The summed E-state index contributed by atoms with van der Waals surface area (Å²) in [6.07, 6.45) is 0.795. The lowest BCUT2D eigenvalue weighted by Gasteiger charge is -2.26. The van der Waals surface area contributed by atoms with Crippen LogP contribution in [0.15, 0.2) is 36.4 Å². The Hall–Kier alpha value is -2.40. The van der Waals surface area contributed by atoms with Gasteiger partial charge in [0.05, 0.1) is 14.2 Å². The molecule has 2 rings (SSSR count). The van der Waals surface area contributed by atoms with E-state index < -0.39 is 0 Å². The minimum absolute atomic E-state index is 0.00278. The number of rotatable bonds is 8. The molecule has 26 heavy (non-hydrogen) atoms. The summed E-state index contributed by atoms with van der Waals surface area (Å²) in [6, 6.07) is 10.7. The molecule has 0 aliphatic rings. The minimum Gasteiger partial charge on any atom is -0.504 e. The second-order valence-electron chi connectivity index (χ2n) is 6.79. The Morgan fingerprint density at radius 1 is 0.808 bits per heavy atom. The summed E-state index contributed by atoms with van der Waals surface area (Å²) in [4.78, 5) is 0. The van der Waals surface area contributed by atoms with Crippen molar-refractivity contribution in [1.29, 1.82) is 0 Å². The van der Waals surface area contributed by atoms with E-state index in [2.05, 4.69) is 6.92 Å². The zero-order chi connectivity index (χ0) is 19.3. The average Bonchev–Trinajstić information content (AvgIpc) is 2.66. The van der Waals surface area contributed by atoms with Crippen LogP contribution in [0.25, 0.3) is 0 Å². The van der Waals surface area contributed by atoms with Crippen LogP contribution in [0.5, 0.6) is 23.0 Å². The van der Waals surface area contributed by atoms with Crippen molar-refractivity contribution in [2.75, 3.05) is 20.8 Å². The smallest absolute Gasteiger partial charge is 0.160 e. The van der Waals surface area contributed by atoms with Gasteiger partial charge in [-0.05, 0) is 53.6 Å². The van der Waals surface area contributed by atoms with Crippen LogP contribution in [-0.4, -0.2) is 36.1 Å². The summed E-state index contributed by atoms with van der Waals surface area (Å²) in [6.45, 7) is 4.27. The van der Waals surface area contributed by atoms with Crippen molar-refractivity contribution in [1.82, 2.24) is 0 Å². The first-order chi connectivity index (χ1) is 12.4. The average molecular weight is 360 g/mol. The van der Waals surface area contributed by atoms with Crippen LogP contribution in [0.3, 0.4) is 0 Å². The van der Waals surface area contributed by atoms with Crippen LogP contribution >= 0.6 is 0 Å². The monoisotopic (exact) mass is 360 g/mol. The molecule has 0 aliphatic heterocycles. The number of aliphatic hydroxyl groups is 1. The number of phenolic OH excluding ortho intramolecular Hbond substituents is 2. The number of aliphatic hydroxyl groups excluding tert-OH is 1. The fourth-order valence-electron chi connectivity index (χ4n) is 3.07. The Morgan fingerprint density at radius 3 is 1.65 bits per heavy atom. The van der Waals surface area contributed by atoms with E-state index in [4.69, 9.17) is 9.47 Å². The van der Waals surface area contributed by atoms with E-state index in [-0.39, 0.29) is 35.9 Å². The van der Waals surface area contributed by atoms with Crippen molar-refractivity contribution in [3.63, 3.8) is 0 Å². The van der Waals surface area contributed by atoms with E-state index in [1.165, 1.54) is 14.2 Å². The molecule has 0 radical (unpaired) electrons. The van der Waals surface area contributed by atoms with Crippen molar-refractivity contribution in [3.05, 3.63) is 47.5 Å². The molecule has 2 aromatic carbocycles. The summed E-state index contributed by atoms with van der Waals surface area (Å²) in [5.74, 6) is 1.45. The number of ether oxygens (including phenoxy) is 2. The van der Waals surface area contributed by atoms with Gasteiger partial charge >= 0.3 is 0 Å². The zero-order valence-electron chi connectivity index (χ0n) is 15.8. The van der Waals surface area contributed by atoms with Crippen molar-refractivity contribution < 1.29 is 24.8 Å². The minimum atomic E-state index is 0.00278. The maximum absolute atomic E-state index is 9.90. The van der Waals surface area contributed by atoms with Crippen molar-refractivity contribution >= 4 is 0 Å². The van der Waals surface area contributed by atoms with Crippen LogP contribution in [0.2, 0.25) is 0 Å². The van der Waals surface area contributed by atoms with Crippen molar-refractivity contribution in [2.24, 2.45) is 11.8 Å². The van der Waals surface area contributed by atoms with E-state index in [0.717, 1.165) is 17.5 Å².